The molecule has 0 heterocycles. The second-order valence-corrected chi connectivity index (χ2v) is 7.77. The number of hydrogen-bond donors (Lipinski definition) is 2. The van der Waals surface area contributed by atoms with E-state index in [0.717, 1.165) is 49.7 Å². The molecule has 2 unspecified atom stereocenters. The van der Waals surface area contributed by atoms with Crippen LogP contribution in [0.4, 0.5) is 0 Å². The first-order valence-corrected chi connectivity index (χ1v) is 9.34. The smallest absolute Gasteiger partial charge is 0.324 e. The van der Waals surface area contributed by atoms with Crippen molar-refractivity contribution >= 4 is 17.7 Å². The topological polar surface area (TPSA) is 49.3 Å². The lowest BCUT2D eigenvalue weighted by Crippen LogP contribution is -2.55. The molecule has 0 radical (unpaired) electrons. The first-order chi connectivity index (χ1) is 9.69. The van der Waals surface area contributed by atoms with Crippen LogP contribution in [0, 0.1) is 5.92 Å². The number of nitrogens with one attached hydrogen (secondary N) is 1. The van der Waals surface area contributed by atoms with E-state index in [9.17, 15) is 9.90 Å². The van der Waals surface area contributed by atoms with E-state index in [0.29, 0.717) is 5.92 Å². The predicted molar refractivity (Wildman–Crippen MR) is 85.3 cm³/mol. The fourth-order valence-electron chi connectivity index (χ4n) is 3.84. The van der Waals surface area contributed by atoms with Crippen molar-refractivity contribution in [3.05, 3.63) is 0 Å². The van der Waals surface area contributed by atoms with Crippen LogP contribution in [0.3, 0.4) is 0 Å². The fraction of sp³-hybridized carbons (Fsp3) is 0.938. The van der Waals surface area contributed by atoms with Crippen molar-refractivity contribution in [3.63, 3.8) is 0 Å². The molecule has 116 valence electrons. The number of aliphatic carboxylic acids is 1. The molecule has 2 N–H and O–H groups in total. The van der Waals surface area contributed by atoms with Crippen LogP contribution in [-0.4, -0.2) is 34.2 Å². The second-order valence-electron chi connectivity index (χ2n) is 6.36. The molecular weight excluding hydrogens is 270 g/mol. The first-order valence-electron chi connectivity index (χ1n) is 8.29. The maximum absolute atomic E-state index is 11.8. The van der Waals surface area contributed by atoms with E-state index in [-0.39, 0.29) is 0 Å². The van der Waals surface area contributed by atoms with Gasteiger partial charge >= 0.3 is 5.97 Å². The average molecular weight is 299 g/mol. The van der Waals surface area contributed by atoms with Crippen LogP contribution in [0.5, 0.6) is 0 Å². The van der Waals surface area contributed by atoms with Crippen molar-refractivity contribution in [2.45, 2.75) is 75.5 Å². The Labute approximate surface area is 127 Å². The highest BCUT2D eigenvalue weighted by Crippen LogP contribution is 2.40. The van der Waals surface area contributed by atoms with Gasteiger partial charge in [0, 0.05) is 5.25 Å². The zero-order chi connectivity index (χ0) is 14.4. The Hall–Kier alpha value is -0.220. The number of rotatable bonds is 8. The third-order valence-electron chi connectivity index (χ3n) is 5.01. The first kappa shape index (κ1) is 16.2. The highest BCUT2D eigenvalue weighted by atomic mass is 32.2. The highest BCUT2D eigenvalue weighted by Gasteiger charge is 2.48. The number of carbonyl (C=O) groups is 1. The Morgan fingerprint density at radius 1 is 1.30 bits per heavy atom. The van der Waals surface area contributed by atoms with Gasteiger partial charge in [-0.25, -0.2) is 0 Å². The molecule has 2 fully saturated rings. The summed E-state index contributed by atoms with van der Waals surface area (Å²) in [7, 11) is 0. The van der Waals surface area contributed by atoms with Crippen LogP contribution >= 0.6 is 11.8 Å². The summed E-state index contributed by atoms with van der Waals surface area (Å²) in [6, 6.07) is 0. The number of carboxylic acids is 1. The Kier molecular flexibility index (Phi) is 6.21. The summed E-state index contributed by atoms with van der Waals surface area (Å²) in [5.74, 6) is 0.831. The molecule has 4 heteroatoms. The third kappa shape index (κ3) is 3.70. The summed E-state index contributed by atoms with van der Waals surface area (Å²) in [5, 5.41) is 13.9. The summed E-state index contributed by atoms with van der Waals surface area (Å²) in [6.07, 6.45) is 10.5. The number of hydrogen-bond acceptors (Lipinski definition) is 3. The minimum Gasteiger partial charge on any atom is -0.480 e. The quantitative estimate of drug-likeness (QED) is 0.718. The van der Waals surface area contributed by atoms with Gasteiger partial charge in [-0.2, -0.15) is 11.8 Å². The minimum absolute atomic E-state index is 0.320. The lowest BCUT2D eigenvalue weighted by Gasteiger charge is -2.32. The van der Waals surface area contributed by atoms with E-state index in [2.05, 4.69) is 24.0 Å². The zero-order valence-electron chi connectivity index (χ0n) is 12.7. The number of thioether (sulfide) groups is 1. The molecule has 0 saturated heterocycles. The van der Waals surface area contributed by atoms with Crippen LogP contribution in [0.25, 0.3) is 0 Å². The largest absolute Gasteiger partial charge is 0.480 e. The van der Waals surface area contributed by atoms with Crippen molar-refractivity contribution in [1.82, 2.24) is 5.32 Å². The number of carboxylic acid groups (broad SMARTS) is 1. The van der Waals surface area contributed by atoms with E-state index in [1.165, 1.54) is 25.7 Å². The monoisotopic (exact) mass is 299 g/mol. The van der Waals surface area contributed by atoms with Crippen LogP contribution in [0.1, 0.15) is 64.7 Å². The standard InChI is InChI=1S/C16H29NO2S/c1-2-11-17-16(15(18)19)10-5-6-13(16)9-12-20-14-7-3-4-8-14/h13-14,17H,2-12H2,1H3,(H,18,19). The SMILES string of the molecule is CCCNC1(C(=O)O)CCCC1CCSC1CCCC1. The van der Waals surface area contributed by atoms with Crippen LogP contribution in [-0.2, 0) is 4.79 Å². The molecule has 2 aliphatic carbocycles. The molecule has 0 aromatic carbocycles. The molecule has 0 spiro atoms. The Balaban J connectivity index is 1.85. The second kappa shape index (κ2) is 7.69. The van der Waals surface area contributed by atoms with Gasteiger partial charge in [0.05, 0.1) is 0 Å². The molecular formula is C16H29NO2S. The van der Waals surface area contributed by atoms with E-state index >= 15 is 0 Å². The van der Waals surface area contributed by atoms with Crippen LogP contribution in [0.2, 0.25) is 0 Å². The van der Waals surface area contributed by atoms with Gasteiger partial charge < -0.3 is 10.4 Å². The molecule has 0 aromatic rings. The third-order valence-corrected chi connectivity index (χ3v) is 6.43. The maximum Gasteiger partial charge on any atom is 0.324 e. The molecule has 0 aromatic heterocycles. The van der Waals surface area contributed by atoms with Crippen molar-refractivity contribution < 1.29 is 9.90 Å². The fourth-order valence-corrected chi connectivity index (χ4v) is 5.26. The lowest BCUT2D eigenvalue weighted by atomic mass is 9.85. The van der Waals surface area contributed by atoms with E-state index in [4.69, 9.17) is 0 Å². The summed E-state index contributed by atoms with van der Waals surface area (Å²) in [4.78, 5) is 11.8. The van der Waals surface area contributed by atoms with Crippen LogP contribution in [0.15, 0.2) is 0 Å². The van der Waals surface area contributed by atoms with Crippen molar-refractivity contribution in [2.24, 2.45) is 5.92 Å². The molecule has 20 heavy (non-hydrogen) atoms. The Bertz CT molecular complexity index is 318. The van der Waals surface area contributed by atoms with Gasteiger partial charge in [-0.15, -0.1) is 0 Å². The van der Waals surface area contributed by atoms with Gasteiger partial charge in [-0.3, -0.25) is 4.79 Å². The van der Waals surface area contributed by atoms with Gasteiger partial charge in [0.15, 0.2) is 0 Å². The molecule has 2 rings (SSSR count). The lowest BCUT2D eigenvalue weighted by molar-refractivity contribution is -0.146. The minimum atomic E-state index is -0.633. The molecule has 3 nitrogen and oxygen atoms in total. The van der Waals surface area contributed by atoms with Gasteiger partial charge in [0.2, 0.25) is 0 Å². The average Bonchev–Trinajstić information content (AvgIpc) is 3.06. The van der Waals surface area contributed by atoms with E-state index < -0.39 is 11.5 Å². The van der Waals surface area contributed by atoms with Crippen LogP contribution < -0.4 is 5.32 Å². The predicted octanol–water partition coefficient (Wildman–Crippen LogP) is 3.68. The highest BCUT2D eigenvalue weighted by molar-refractivity contribution is 7.99. The van der Waals surface area contributed by atoms with Crippen molar-refractivity contribution in [3.8, 4) is 0 Å². The van der Waals surface area contributed by atoms with E-state index in [1.807, 2.05) is 0 Å². The van der Waals surface area contributed by atoms with Gasteiger partial charge in [-0.1, -0.05) is 26.2 Å². The Morgan fingerprint density at radius 3 is 2.70 bits per heavy atom. The molecule has 2 aliphatic rings. The van der Waals surface area contributed by atoms with Gasteiger partial charge in [0.1, 0.15) is 5.54 Å². The molecule has 0 amide bonds. The summed E-state index contributed by atoms with van der Waals surface area (Å²) < 4.78 is 0. The zero-order valence-corrected chi connectivity index (χ0v) is 13.5. The van der Waals surface area contributed by atoms with Crippen molar-refractivity contribution in [2.75, 3.05) is 12.3 Å². The summed E-state index contributed by atoms with van der Waals surface area (Å²) in [6.45, 7) is 2.92. The summed E-state index contributed by atoms with van der Waals surface area (Å²) >= 11 is 2.09. The molecule has 0 bridgehead atoms. The van der Waals surface area contributed by atoms with Crippen molar-refractivity contribution in [1.29, 1.82) is 0 Å². The van der Waals surface area contributed by atoms with E-state index in [1.54, 1.807) is 0 Å². The maximum atomic E-state index is 11.8. The molecule has 2 saturated carbocycles. The summed E-state index contributed by atoms with van der Waals surface area (Å²) in [5.41, 5.74) is -0.633. The van der Waals surface area contributed by atoms with Gasteiger partial charge in [-0.05, 0) is 56.7 Å². The molecule has 2 atom stereocenters. The normalized spacial score (nSPS) is 30.9. The molecule has 0 aliphatic heterocycles. The Morgan fingerprint density at radius 2 is 2.05 bits per heavy atom. The van der Waals surface area contributed by atoms with Gasteiger partial charge in [0.25, 0.3) is 0 Å².